The van der Waals surface area contributed by atoms with E-state index in [4.69, 9.17) is 0 Å². The van der Waals surface area contributed by atoms with Crippen LogP contribution in [-0.4, -0.2) is 9.10 Å². The van der Waals surface area contributed by atoms with Crippen molar-refractivity contribution in [1.29, 1.82) is 0 Å². The first kappa shape index (κ1) is 18.7. The molecule has 0 aromatic heterocycles. The summed E-state index contributed by atoms with van der Waals surface area (Å²) in [6.07, 6.45) is 3.84. The van der Waals surface area contributed by atoms with Gasteiger partial charge >= 0.3 is 165 Å². The third-order valence-electron chi connectivity index (χ3n) is 5.07. The second kappa shape index (κ2) is 8.10. The summed E-state index contributed by atoms with van der Waals surface area (Å²) in [5, 5.41) is 1.27. The van der Waals surface area contributed by atoms with E-state index in [0.29, 0.717) is 0 Å². The minimum absolute atomic E-state index is 1.26. The molecule has 3 aromatic carbocycles. The third kappa shape index (κ3) is 3.46. The summed E-state index contributed by atoms with van der Waals surface area (Å²) in [4.78, 5) is 0. The van der Waals surface area contributed by atoms with Gasteiger partial charge in [-0.25, -0.2) is 0 Å². The molecule has 0 nitrogen and oxygen atoms in total. The summed E-state index contributed by atoms with van der Waals surface area (Å²) < 4.78 is 4.61. The van der Waals surface area contributed by atoms with Crippen LogP contribution in [0.2, 0.25) is 5.21 Å². The molecule has 0 heterocycles. The predicted molar refractivity (Wildman–Crippen MR) is 122 cm³/mol. The van der Waals surface area contributed by atoms with Gasteiger partial charge in [-0.2, -0.15) is 0 Å². The molecule has 0 atom stereocenters. The van der Waals surface area contributed by atoms with Gasteiger partial charge in [0.1, 0.15) is 0 Å². The van der Waals surface area contributed by atoms with Gasteiger partial charge in [-0.15, -0.1) is 0 Å². The second-order valence-corrected chi connectivity index (χ2v) is 26.8. The van der Waals surface area contributed by atoms with Crippen LogP contribution in [-0.2, 0) is 0 Å². The topological polar surface area (TPSA) is 0 Å². The van der Waals surface area contributed by atoms with Gasteiger partial charge in [0, 0.05) is 0 Å². The summed E-state index contributed by atoms with van der Waals surface area (Å²) in [5.74, 6) is 0. The quantitative estimate of drug-likeness (QED) is 0.235. The zero-order chi connectivity index (χ0) is 17.6. The van der Waals surface area contributed by atoms with E-state index >= 15 is 0 Å². The summed E-state index contributed by atoms with van der Waals surface area (Å²) in [6.45, 7) is 2.29. The average molecular weight is 504 g/mol. The van der Waals surface area contributed by atoms with Crippen molar-refractivity contribution in [3.8, 4) is 0 Å². The van der Waals surface area contributed by atoms with Crippen molar-refractivity contribution in [2.75, 3.05) is 0 Å². The van der Waals surface area contributed by atoms with Gasteiger partial charge in [0.25, 0.3) is 0 Å². The van der Waals surface area contributed by atoms with Gasteiger partial charge in [0.15, 0.2) is 0 Å². The van der Waals surface area contributed by atoms with Crippen LogP contribution in [0.5, 0.6) is 0 Å². The SMILES string of the molecule is CCCCC[As](I)(c1ccccc1)(c1ccccc1)c1ccccc1. The molecule has 0 radical (unpaired) electrons. The van der Waals surface area contributed by atoms with Gasteiger partial charge in [-0.05, 0) is 0 Å². The van der Waals surface area contributed by atoms with Gasteiger partial charge in [0.2, 0.25) is 0 Å². The number of unbranched alkanes of at least 4 members (excludes halogenated alkanes) is 2. The Balaban J connectivity index is 2.32. The van der Waals surface area contributed by atoms with E-state index < -0.39 is 9.10 Å². The van der Waals surface area contributed by atoms with Gasteiger partial charge in [-0.1, -0.05) is 0 Å². The van der Waals surface area contributed by atoms with E-state index in [-0.39, 0.29) is 0 Å². The molecule has 130 valence electrons. The van der Waals surface area contributed by atoms with Gasteiger partial charge in [-0.3, -0.25) is 0 Å². The Kier molecular flexibility index (Phi) is 6.07. The molecular formula is C23H26AsI. The summed E-state index contributed by atoms with van der Waals surface area (Å²) >= 11 is 2.92. The fraction of sp³-hybridized carbons (Fsp3) is 0.217. The van der Waals surface area contributed by atoms with Crippen molar-refractivity contribution in [2.24, 2.45) is 0 Å². The number of halogens is 1. The van der Waals surface area contributed by atoms with Crippen LogP contribution in [0.25, 0.3) is 0 Å². The van der Waals surface area contributed by atoms with Crippen LogP contribution in [0, 0.1) is 0 Å². The monoisotopic (exact) mass is 504 g/mol. The van der Waals surface area contributed by atoms with Crippen molar-refractivity contribution in [3.05, 3.63) is 91.0 Å². The summed E-state index contributed by atoms with van der Waals surface area (Å²) in [5.41, 5.74) is 0. The zero-order valence-electron chi connectivity index (χ0n) is 14.8. The maximum atomic E-state index is 2.92. The Hall–Kier alpha value is -1.05. The molecule has 0 saturated heterocycles. The second-order valence-electron chi connectivity index (χ2n) is 6.62. The van der Waals surface area contributed by atoms with Crippen LogP contribution in [0.4, 0.5) is 0 Å². The number of hydrogen-bond acceptors (Lipinski definition) is 0. The summed E-state index contributed by atoms with van der Waals surface area (Å²) in [6, 6.07) is 33.8. The van der Waals surface area contributed by atoms with Gasteiger partial charge in [0.05, 0.1) is 0 Å². The normalized spacial score (nSPS) is 13.1. The maximum absolute atomic E-state index is 3.21. The van der Waals surface area contributed by atoms with E-state index in [1.807, 2.05) is 0 Å². The van der Waals surface area contributed by atoms with Crippen LogP contribution in [0.1, 0.15) is 26.2 Å². The average Bonchev–Trinajstić information content (AvgIpc) is 2.70. The Morgan fingerprint density at radius 2 is 0.960 bits per heavy atom. The Bertz CT molecular complexity index is 685. The van der Waals surface area contributed by atoms with Crippen molar-refractivity contribution in [1.82, 2.24) is 0 Å². The molecule has 3 aromatic rings. The van der Waals surface area contributed by atoms with E-state index in [1.54, 1.807) is 0 Å². The molecular weight excluding hydrogens is 478 g/mol. The molecule has 0 N–H and O–H groups in total. The standard InChI is InChI=1S/C23H26AsI/c1-2-3-13-20-24(25,21-14-7-4-8-15-21,22-16-9-5-10-17-22)23-18-11-6-12-19-23/h4-12,14-19H,2-3,13,20H2,1H3. The summed E-state index contributed by atoms with van der Waals surface area (Å²) in [7, 11) is -3.21. The van der Waals surface area contributed by atoms with E-state index in [2.05, 4.69) is 118 Å². The fourth-order valence-corrected chi connectivity index (χ4v) is 20.7. The molecule has 0 bridgehead atoms. The van der Waals surface area contributed by atoms with Crippen LogP contribution in [0.15, 0.2) is 91.0 Å². The number of benzene rings is 3. The predicted octanol–water partition coefficient (Wildman–Crippen LogP) is 5.23. The molecule has 0 aliphatic heterocycles. The van der Waals surface area contributed by atoms with Crippen molar-refractivity contribution in [2.45, 2.75) is 31.4 Å². The number of rotatable bonds is 7. The van der Waals surface area contributed by atoms with Crippen LogP contribution >= 0.6 is 20.1 Å². The van der Waals surface area contributed by atoms with E-state index in [1.165, 1.54) is 37.5 Å². The molecule has 25 heavy (non-hydrogen) atoms. The first-order valence-corrected chi connectivity index (χ1v) is 19.0. The third-order valence-corrected chi connectivity index (χ3v) is 27.3. The van der Waals surface area contributed by atoms with Crippen molar-refractivity contribution >= 4 is 42.3 Å². The Morgan fingerprint density at radius 3 is 1.28 bits per heavy atom. The Morgan fingerprint density at radius 1 is 0.600 bits per heavy atom. The molecule has 0 fully saturated rings. The fourth-order valence-electron chi connectivity index (χ4n) is 3.71. The molecule has 0 saturated carbocycles. The molecule has 0 spiro atoms. The molecule has 3 rings (SSSR count). The first-order valence-electron chi connectivity index (χ1n) is 9.10. The van der Waals surface area contributed by atoms with Crippen molar-refractivity contribution in [3.63, 3.8) is 0 Å². The van der Waals surface area contributed by atoms with Gasteiger partial charge < -0.3 is 0 Å². The van der Waals surface area contributed by atoms with Crippen LogP contribution in [0.3, 0.4) is 0 Å². The number of hydrogen-bond donors (Lipinski definition) is 0. The van der Waals surface area contributed by atoms with Crippen LogP contribution < -0.4 is 13.1 Å². The molecule has 0 aliphatic carbocycles. The van der Waals surface area contributed by atoms with E-state index in [0.717, 1.165) is 0 Å². The zero-order valence-corrected chi connectivity index (χ0v) is 18.8. The first-order chi connectivity index (χ1) is 12.2. The molecule has 0 amide bonds. The molecule has 0 unspecified atom stereocenters. The Labute approximate surface area is 163 Å². The minimum atomic E-state index is -3.21. The molecule has 0 aliphatic rings. The van der Waals surface area contributed by atoms with Crippen molar-refractivity contribution < 1.29 is 0 Å². The molecule has 2 heteroatoms. The van der Waals surface area contributed by atoms with E-state index in [9.17, 15) is 0 Å².